The van der Waals surface area contributed by atoms with Gasteiger partial charge in [-0.2, -0.15) is 9.97 Å². The van der Waals surface area contributed by atoms with Crippen molar-refractivity contribution in [1.82, 2.24) is 9.97 Å². The van der Waals surface area contributed by atoms with Gasteiger partial charge < -0.3 is 24.1 Å². The number of benzene rings is 2. The van der Waals surface area contributed by atoms with Crippen molar-refractivity contribution in [3.8, 4) is 23.1 Å². The molecule has 1 heterocycles. The number of anilines is 1. The van der Waals surface area contributed by atoms with Crippen molar-refractivity contribution in [3.05, 3.63) is 59.9 Å². The molecule has 0 amide bonds. The molecule has 13 heteroatoms. The van der Waals surface area contributed by atoms with E-state index in [2.05, 4.69) is 14.7 Å². The Morgan fingerprint density at radius 2 is 1.62 bits per heavy atom. The van der Waals surface area contributed by atoms with Crippen LogP contribution in [0.25, 0.3) is 0 Å². The molecule has 0 atom stereocenters. The number of esters is 1. The second kappa shape index (κ2) is 12.0. The number of carboxylic acid groups (broad SMARTS) is 1. The average molecular weight is 560 g/mol. The monoisotopic (exact) mass is 559 g/mol. The lowest BCUT2D eigenvalue weighted by atomic mass is 9.87. The Hall–Kier alpha value is -4.39. The van der Waals surface area contributed by atoms with Crippen LogP contribution in [0.5, 0.6) is 23.1 Å². The molecule has 0 bridgehead atoms. The lowest BCUT2D eigenvalue weighted by Gasteiger charge is -2.20. The molecule has 12 nitrogen and oxygen atoms in total. The molecule has 0 radical (unpaired) electrons. The lowest BCUT2D eigenvalue weighted by Crippen LogP contribution is -2.19. The van der Waals surface area contributed by atoms with Crippen molar-refractivity contribution in [1.29, 1.82) is 0 Å². The average Bonchev–Trinajstić information content (AvgIpc) is 2.87. The fraction of sp³-hybridized carbons (Fsp3) is 0.308. The summed E-state index contributed by atoms with van der Waals surface area (Å²) >= 11 is 0. The number of carbonyl (C=O) groups excluding carboxylic acids is 1. The molecule has 0 unspecified atom stereocenters. The van der Waals surface area contributed by atoms with E-state index < -0.39 is 39.5 Å². The van der Waals surface area contributed by atoms with E-state index in [0.717, 1.165) is 5.56 Å². The third-order valence-corrected chi connectivity index (χ3v) is 6.55. The van der Waals surface area contributed by atoms with Crippen molar-refractivity contribution in [2.45, 2.75) is 38.0 Å². The third-order valence-electron chi connectivity index (χ3n) is 5.20. The van der Waals surface area contributed by atoms with Crippen LogP contribution in [0, 0.1) is 0 Å². The molecule has 0 saturated carbocycles. The molecule has 2 N–H and O–H groups in total. The van der Waals surface area contributed by atoms with Crippen LogP contribution in [0.1, 0.15) is 43.9 Å². The molecule has 0 spiro atoms. The van der Waals surface area contributed by atoms with Crippen molar-refractivity contribution in [2.24, 2.45) is 0 Å². The Kier molecular flexibility index (Phi) is 8.96. The van der Waals surface area contributed by atoms with Crippen molar-refractivity contribution in [2.75, 3.05) is 25.0 Å². The number of nitrogens with one attached hydrogen (secondary N) is 1. The fourth-order valence-corrected chi connectivity index (χ4v) is 4.25. The summed E-state index contributed by atoms with van der Waals surface area (Å²) in [5, 5.41) is 9.58. The summed E-state index contributed by atoms with van der Waals surface area (Å²) in [5.41, 5.74) is 0.715. The summed E-state index contributed by atoms with van der Waals surface area (Å²) in [6, 6.07) is 12.7. The van der Waals surface area contributed by atoms with E-state index in [4.69, 9.17) is 18.9 Å². The van der Waals surface area contributed by atoms with E-state index in [1.165, 1.54) is 32.2 Å². The van der Waals surface area contributed by atoms with Gasteiger partial charge in [0, 0.05) is 6.92 Å². The molecule has 0 aliphatic carbocycles. The minimum atomic E-state index is -4.27. The number of rotatable bonds is 11. The first-order valence-corrected chi connectivity index (χ1v) is 13.2. The predicted molar refractivity (Wildman–Crippen MR) is 140 cm³/mol. The van der Waals surface area contributed by atoms with Gasteiger partial charge in [0.1, 0.15) is 13.2 Å². The highest BCUT2D eigenvalue weighted by Crippen LogP contribution is 2.40. The van der Waals surface area contributed by atoms with Gasteiger partial charge in [-0.3, -0.25) is 9.52 Å². The van der Waals surface area contributed by atoms with Gasteiger partial charge in [0.25, 0.3) is 15.9 Å². The molecule has 3 aromatic rings. The van der Waals surface area contributed by atoms with Crippen LogP contribution >= 0.6 is 0 Å². The van der Waals surface area contributed by atoms with E-state index in [-0.39, 0.29) is 40.8 Å². The Morgan fingerprint density at radius 3 is 2.18 bits per heavy atom. The Labute approximate surface area is 226 Å². The van der Waals surface area contributed by atoms with E-state index in [1.807, 2.05) is 20.8 Å². The summed E-state index contributed by atoms with van der Waals surface area (Å²) in [7, 11) is -2.86. The molecule has 3 rings (SSSR count). The maximum Gasteiger partial charge on any atom is 0.374 e. The number of carboxylic acids is 1. The minimum absolute atomic E-state index is 0.0912. The van der Waals surface area contributed by atoms with Crippen LogP contribution in [0.15, 0.2) is 53.4 Å². The fourth-order valence-electron chi connectivity index (χ4n) is 3.24. The van der Waals surface area contributed by atoms with Gasteiger partial charge in [0.15, 0.2) is 17.3 Å². The second-order valence-electron chi connectivity index (χ2n) is 9.16. The Bertz CT molecular complexity index is 1450. The van der Waals surface area contributed by atoms with Gasteiger partial charge in [0.05, 0.1) is 12.0 Å². The topological polar surface area (TPSA) is 163 Å². The van der Waals surface area contributed by atoms with Gasteiger partial charge in [-0.25, -0.2) is 13.2 Å². The number of ether oxygens (including phenoxy) is 4. The van der Waals surface area contributed by atoms with Crippen LogP contribution in [0.4, 0.5) is 5.82 Å². The van der Waals surface area contributed by atoms with Crippen LogP contribution in [0.2, 0.25) is 0 Å². The summed E-state index contributed by atoms with van der Waals surface area (Å²) in [4.78, 5) is 30.5. The normalized spacial score (nSPS) is 11.4. The molecular formula is C26H29N3O9S. The number of sulfonamides is 1. The predicted octanol–water partition coefficient (Wildman–Crippen LogP) is 4.02. The van der Waals surface area contributed by atoms with Gasteiger partial charge in [-0.1, -0.05) is 45.0 Å². The zero-order valence-electron chi connectivity index (χ0n) is 22.0. The molecule has 0 saturated heterocycles. The molecule has 208 valence electrons. The second-order valence-corrected chi connectivity index (χ2v) is 10.8. The number of aromatic nitrogens is 2. The van der Waals surface area contributed by atoms with E-state index >= 15 is 0 Å². The number of methoxy groups -OCH3 is 1. The SMILES string of the molecule is COc1ccccc1Oc1c(NS(=O)(=O)c2ccc(C(C)(C)C)cc2)nc(C(=O)O)nc1OCCOC(C)=O. The summed E-state index contributed by atoms with van der Waals surface area (Å²) in [5.74, 6) is -3.64. The highest BCUT2D eigenvalue weighted by molar-refractivity contribution is 7.92. The van der Waals surface area contributed by atoms with E-state index in [1.54, 1.807) is 30.3 Å². The number of para-hydroxylation sites is 2. The number of carbonyl (C=O) groups is 2. The summed E-state index contributed by atoms with van der Waals surface area (Å²) in [6.45, 7) is 6.77. The van der Waals surface area contributed by atoms with Crippen LogP contribution in [-0.2, 0) is 25.0 Å². The number of aromatic carboxylic acids is 1. The zero-order valence-corrected chi connectivity index (χ0v) is 22.9. The first-order valence-electron chi connectivity index (χ1n) is 11.7. The molecule has 39 heavy (non-hydrogen) atoms. The van der Waals surface area contributed by atoms with Gasteiger partial charge in [-0.15, -0.1) is 0 Å². The highest BCUT2D eigenvalue weighted by atomic mass is 32.2. The summed E-state index contributed by atoms with van der Waals surface area (Å²) < 4.78 is 50.5. The van der Waals surface area contributed by atoms with Crippen LogP contribution < -0.4 is 18.9 Å². The molecule has 0 fully saturated rings. The van der Waals surface area contributed by atoms with Crippen molar-refractivity contribution < 1.29 is 42.1 Å². The maximum atomic E-state index is 13.3. The van der Waals surface area contributed by atoms with Crippen LogP contribution in [0.3, 0.4) is 0 Å². The Morgan fingerprint density at radius 1 is 0.974 bits per heavy atom. The van der Waals surface area contributed by atoms with Crippen molar-refractivity contribution in [3.63, 3.8) is 0 Å². The molecule has 2 aromatic carbocycles. The lowest BCUT2D eigenvalue weighted by molar-refractivity contribution is -0.141. The molecule has 0 aliphatic heterocycles. The van der Waals surface area contributed by atoms with Crippen molar-refractivity contribution >= 4 is 27.8 Å². The first kappa shape index (κ1) is 29.2. The van der Waals surface area contributed by atoms with Gasteiger partial charge in [-0.05, 0) is 35.2 Å². The van der Waals surface area contributed by atoms with E-state index in [9.17, 15) is 23.1 Å². The summed E-state index contributed by atoms with van der Waals surface area (Å²) in [6.07, 6.45) is 0. The van der Waals surface area contributed by atoms with Gasteiger partial charge in [0.2, 0.25) is 11.6 Å². The third kappa shape index (κ3) is 7.57. The number of nitrogens with zero attached hydrogens (tertiary/aromatic N) is 2. The molecular weight excluding hydrogens is 530 g/mol. The smallest absolute Gasteiger partial charge is 0.374 e. The van der Waals surface area contributed by atoms with Gasteiger partial charge >= 0.3 is 11.9 Å². The zero-order chi connectivity index (χ0) is 28.8. The standard InChI is InChI=1S/C26H29N3O9S/c1-16(30)36-14-15-37-24-21(38-20-9-7-6-8-19(20)35-5)22(27-23(28-24)25(31)32)29-39(33,34)18-12-10-17(11-13-18)26(2,3)4/h6-13H,14-15H2,1-5H3,(H,31,32)(H,27,28,29). The first-order chi connectivity index (χ1) is 18.3. The van der Waals surface area contributed by atoms with E-state index in [0.29, 0.717) is 0 Å². The van der Waals surface area contributed by atoms with Crippen LogP contribution in [-0.4, -0.2) is 55.8 Å². The minimum Gasteiger partial charge on any atom is -0.493 e. The number of hydrogen-bond donors (Lipinski definition) is 2. The molecule has 1 aromatic heterocycles. The molecule has 0 aliphatic rings. The quantitative estimate of drug-likeness (QED) is 0.258. The maximum absolute atomic E-state index is 13.3. The Balaban J connectivity index is 2.10. The highest BCUT2D eigenvalue weighted by Gasteiger charge is 2.27. The number of hydrogen-bond acceptors (Lipinski definition) is 10. The largest absolute Gasteiger partial charge is 0.493 e.